The molecule has 2 heterocycles. The summed E-state index contributed by atoms with van der Waals surface area (Å²) in [6.45, 7) is 6.12. The highest BCUT2D eigenvalue weighted by Gasteiger charge is 2.45. The van der Waals surface area contributed by atoms with E-state index in [0.29, 0.717) is 29.3 Å². The van der Waals surface area contributed by atoms with E-state index in [1.165, 1.54) is 0 Å². The van der Waals surface area contributed by atoms with Crippen LogP contribution < -0.4 is 5.32 Å². The molecule has 2 aliphatic carbocycles. The zero-order valence-electron chi connectivity index (χ0n) is 21.5. The van der Waals surface area contributed by atoms with Gasteiger partial charge in [-0.1, -0.05) is 6.07 Å². The van der Waals surface area contributed by atoms with E-state index in [1.54, 1.807) is 18.5 Å². The number of aliphatic carboxylic acids is 1. The number of carboxylic acid groups (broad SMARTS) is 1. The van der Waals surface area contributed by atoms with Crippen molar-refractivity contribution in [1.29, 1.82) is 0 Å². The van der Waals surface area contributed by atoms with Gasteiger partial charge in [0.05, 0.1) is 30.0 Å². The first-order valence-corrected chi connectivity index (χ1v) is 12.8. The first-order chi connectivity index (χ1) is 18.3. The van der Waals surface area contributed by atoms with Gasteiger partial charge in [-0.25, -0.2) is 19.3 Å². The smallest absolute Gasteiger partial charge is 0.307 e. The van der Waals surface area contributed by atoms with E-state index in [4.69, 9.17) is 5.11 Å². The van der Waals surface area contributed by atoms with Crippen LogP contribution in [-0.2, 0) is 11.2 Å². The number of nitrogens with zero attached hydrogens (tertiary/aromatic N) is 4. The number of carboxylic acids is 1. The Bertz CT molecular complexity index is 1530. The van der Waals surface area contributed by atoms with E-state index in [1.807, 2.05) is 25.4 Å². The maximum absolute atomic E-state index is 15.2. The minimum atomic E-state index is -0.795. The van der Waals surface area contributed by atoms with Gasteiger partial charge in [0, 0.05) is 29.4 Å². The third kappa shape index (κ3) is 4.30. The van der Waals surface area contributed by atoms with Gasteiger partial charge < -0.3 is 10.4 Å². The Morgan fingerprint density at radius 3 is 2.37 bits per heavy atom. The normalized spacial score (nSPS) is 19.7. The van der Waals surface area contributed by atoms with Gasteiger partial charge in [0.15, 0.2) is 5.82 Å². The standard InChI is InChI=1S/C30H28FN5O2/c1-15-11-34-29(35-12-15)18-8-16(2)27(17(3)9-18)19-4-6-23(31)28-20(19)5-7-24(28)36-26-14-32-25(13-33-26)21-10-22(21)30(37)38/h4,6,8-9,11-14,21-22,24H,5,7,10H2,1-3H3,(H,33,36)(H,37,38)/t21-,22-,24+/m0/s1. The molecule has 0 unspecified atom stereocenters. The van der Waals surface area contributed by atoms with Crippen molar-refractivity contribution in [3.05, 3.63) is 88.4 Å². The van der Waals surface area contributed by atoms with Gasteiger partial charge in [-0.15, -0.1) is 0 Å². The highest BCUT2D eigenvalue weighted by molar-refractivity contribution is 5.79. The fourth-order valence-electron chi connectivity index (χ4n) is 5.73. The molecule has 2 aromatic heterocycles. The van der Waals surface area contributed by atoms with Crippen LogP contribution in [0, 0.1) is 32.5 Å². The number of aromatic nitrogens is 4. The fraction of sp³-hybridized carbons (Fsp3) is 0.300. The Balaban J connectivity index is 1.28. The van der Waals surface area contributed by atoms with E-state index >= 15 is 4.39 Å². The van der Waals surface area contributed by atoms with Crippen molar-refractivity contribution in [1.82, 2.24) is 19.9 Å². The Kier molecular flexibility index (Phi) is 5.90. The number of nitrogens with one attached hydrogen (secondary N) is 1. The third-order valence-corrected chi connectivity index (χ3v) is 7.66. The summed E-state index contributed by atoms with van der Waals surface area (Å²) in [5.74, 6) is -0.227. The molecule has 1 fully saturated rings. The number of fused-ring (bicyclic) bond motifs is 1. The summed E-state index contributed by atoms with van der Waals surface area (Å²) in [4.78, 5) is 29.0. The zero-order valence-corrected chi connectivity index (χ0v) is 21.5. The second-order valence-corrected chi connectivity index (χ2v) is 10.4. The zero-order chi connectivity index (χ0) is 26.6. The highest BCUT2D eigenvalue weighted by Crippen LogP contribution is 2.47. The molecule has 0 bridgehead atoms. The van der Waals surface area contributed by atoms with Gasteiger partial charge in [0.2, 0.25) is 0 Å². The van der Waals surface area contributed by atoms with Crippen LogP contribution in [0.5, 0.6) is 0 Å². The van der Waals surface area contributed by atoms with Crippen LogP contribution >= 0.6 is 0 Å². The summed E-state index contributed by atoms with van der Waals surface area (Å²) in [5, 5.41) is 12.5. The molecular weight excluding hydrogens is 481 g/mol. The first kappa shape index (κ1) is 24.2. The van der Waals surface area contributed by atoms with E-state index in [-0.39, 0.29) is 23.7 Å². The second kappa shape index (κ2) is 9.28. The number of aryl methyl sites for hydroxylation is 3. The maximum Gasteiger partial charge on any atom is 0.307 e. The Morgan fingerprint density at radius 2 is 1.74 bits per heavy atom. The van der Waals surface area contributed by atoms with Crippen molar-refractivity contribution < 1.29 is 14.3 Å². The van der Waals surface area contributed by atoms with Gasteiger partial charge in [0.1, 0.15) is 11.6 Å². The van der Waals surface area contributed by atoms with Crippen molar-refractivity contribution in [3.8, 4) is 22.5 Å². The van der Waals surface area contributed by atoms with E-state index in [2.05, 4.69) is 51.2 Å². The lowest BCUT2D eigenvalue weighted by molar-refractivity contribution is -0.138. The molecule has 0 spiro atoms. The minimum Gasteiger partial charge on any atom is -0.481 e. The molecule has 2 aromatic carbocycles. The molecule has 0 saturated heterocycles. The van der Waals surface area contributed by atoms with E-state index in [9.17, 15) is 4.79 Å². The van der Waals surface area contributed by atoms with Gasteiger partial charge in [0.25, 0.3) is 0 Å². The number of rotatable bonds is 6. The van der Waals surface area contributed by atoms with Crippen molar-refractivity contribution in [2.24, 2.45) is 5.92 Å². The summed E-state index contributed by atoms with van der Waals surface area (Å²) >= 11 is 0. The van der Waals surface area contributed by atoms with Crippen molar-refractivity contribution in [3.63, 3.8) is 0 Å². The molecule has 8 heteroatoms. The Hall–Kier alpha value is -4.20. The van der Waals surface area contributed by atoms with Crippen LogP contribution in [0.2, 0.25) is 0 Å². The fourth-order valence-corrected chi connectivity index (χ4v) is 5.73. The number of benzene rings is 2. The lowest BCUT2D eigenvalue weighted by Gasteiger charge is -2.19. The molecule has 3 atom stereocenters. The topological polar surface area (TPSA) is 101 Å². The quantitative estimate of drug-likeness (QED) is 0.331. The average Bonchev–Trinajstić information content (AvgIpc) is 3.59. The molecule has 0 amide bonds. The number of halogens is 1. The van der Waals surface area contributed by atoms with Gasteiger partial charge in [-0.3, -0.25) is 9.78 Å². The molecule has 1 saturated carbocycles. The number of anilines is 1. The SMILES string of the molecule is Cc1cnc(-c2cc(C)c(-c3ccc(F)c4c3CC[C@H]4Nc3cnc([C@H]4C[C@@H]4C(=O)O)cn3)c(C)c2)nc1. The molecule has 2 N–H and O–H groups in total. The number of hydrogen-bond donors (Lipinski definition) is 2. The van der Waals surface area contributed by atoms with E-state index < -0.39 is 5.97 Å². The third-order valence-electron chi connectivity index (χ3n) is 7.66. The number of carbonyl (C=O) groups is 1. The van der Waals surface area contributed by atoms with Crippen LogP contribution in [-0.4, -0.2) is 31.0 Å². The van der Waals surface area contributed by atoms with Crippen LogP contribution in [0.3, 0.4) is 0 Å². The number of hydrogen-bond acceptors (Lipinski definition) is 6. The molecule has 7 nitrogen and oxygen atoms in total. The first-order valence-electron chi connectivity index (χ1n) is 12.8. The summed E-state index contributed by atoms with van der Waals surface area (Å²) in [7, 11) is 0. The van der Waals surface area contributed by atoms with Crippen molar-refractivity contribution in [2.75, 3.05) is 5.32 Å². The average molecular weight is 510 g/mol. The predicted molar refractivity (Wildman–Crippen MR) is 142 cm³/mol. The van der Waals surface area contributed by atoms with Crippen molar-refractivity contribution in [2.45, 2.75) is 52.0 Å². The molecule has 0 radical (unpaired) electrons. The van der Waals surface area contributed by atoms with Gasteiger partial charge in [-0.05, 0) is 91.6 Å². The Morgan fingerprint density at radius 1 is 1.00 bits per heavy atom. The van der Waals surface area contributed by atoms with Crippen LogP contribution in [0.15, 0.2) is 49.1 Å². The van der Waals surface area contributed by atoms with Crippen LogP contribution in [0.4, 0.5) is 10.2 Å². The molecule has 4 aromatic rings. The van der Waals surface area contributed by atoms with E-state index in [0.717, 1.165) is 51.8 Å². The maximum atomic E-state index is 15.2. The monoisotopic (exact) mass is 509 g/mol. The van der Waals surface area contributed by atoms with Gasteiger partial charge >= 0.3 is 5.97 Å². The molecule has 6 rings (SSSR count). The molecule has 192 valence electrons. The summed E-state index contributed by atoms with van der Waals surface area (Å²) in [6, 6.07) is 7.41. The minimum absolute atomic E-state index is 0.0725. The highest BCUT2D eigenvalue weighted by atomic mass is 19.1. The molecule has 38 heavy (non-hydrogen) atoms. The molecular formula is C30H28FN5O2. The summed E-state index contributed by atoms with van der Waals surface area (Å²) in [5.41, 5.74) is 8.70. The molecule has 2 aliphatic rings. The molecule has 0 aliphatic heterocycles. The lowest BCUT2D eigenvalue weighted by Crippen LogP contribution is -2.11. The summed E-state index contributed by atoms with van der Waals surface area (Å²) < 4.78 is 15.2. The van der Waals surface area contributed by atoms with Crippen molar-refractivity contribution >= 4 is 11.8 Å². The van der Waals surface area contributed by atoms with Crippen LogP contribution in [0.1, 0.15) is 58.3 Å². The lowest BCUT2D eigenvalue weighted by atomic mass is 9.89. The second-order valence-electron chi connectivity index (χ2n) is 10.4. The van der Waals surface area contributed by atoms with Crippen LogP contribution in [0.25, 0.3) is 22.5 Å². The largest absolute Gasteiger partial charge is 0.481 e. The Labute approximate surface area is 220 Å². The van der Waals surface area contributed by atoms with Gasteiger partial charge in [-0.2, -0.15) is 0 Å². The predicted octanol–water partition coefficient (Wildman–Crippen LogP) is 5.95. The summed E-state index contributed by atoms with van der Waals surface area (Å²) in [6.07, 6.45) is 8.96.